The van der Waals surface area contributed by atoms with Gasteiger partial charge in [-0.3, -0.25) is 0 Å². The first-order valence-electron chi connectivity index (χ1n) is 9.27. The quantitative estimate of drug-likeness (QED) is 0.779. The molecule has 0 unspecified atom stereocenters. The summed E-state index contributed by atoms with van der Waals surface area (Å²) in [6, 6.07) is 12.3. The van der Waals surface area contributed by atoms with Crippen LogP contribution < -0.4 is 19.7 Å². The Kier molecular flexibility index (Phi) is 6.43. The number of ether oxygens (including phenoxy) is 3. The molecule has 0 spiro atoms. The highest BCUT2D eigenvalue weighted by Gasteiger charge is 2.22. The van der Waals surface area contributed by atoms with Crippen molar-refractivity contribution in [2.75, 3.05) is 57.7 Å². The maximum absolute atomic E-state index is 12.5. The van der Waals surface area contributed by atoms with Crippen LogP contribution >= 0.6 is 0 Å². The molecule has 0 bridgehead atoms. The van der Waals surface area contributed by atoms with Gasteiger partial charge in [-0.1, -0.05) is 0 Å². The van der Waals surface area contributed by atoms with Gasteiger partial charge in [0.1, 0.15) is 0 Å². The van der Waals surface area contributed by atoms with Crippen molar-refractivity contribution >= 4 is 23.4 Å². The smallest absolute Gasteiger partial charge is 0.337 e. The topological polar surface area (TPSA) is 80.3 Å². The van der Waals surface area contributed by atoms with E-state index in [2.05, 4.69) is 15.0 Å². The molecule has 2 aromatic rings. The third-order valence-electron chi connectivity index (χ3n) is 4.86. The van der Waals surface area contributed by atoms with E-state index in [9.17, 15) is 9.59 Å². The standard InChI is InChI=1S/C21H25N3O5/c1-27-18-9-8-17(14-19(18)28-2)23-10-12-24(13-11-23)21(26)22-16-6-4-15(5-7-16)20(25)29-3/h4-9,14H,10-13H2,1-3H3,(H,22,26). The molecule has 29 heavy (non-hydrogen) atoms. The highest BCUT2D eigenvalue weighted by atomic mass is 16.5. The number of carbonyl (C=O) groups is 2. The Morgan fingerprint density at radius 2 is 1.52 bits per heavy atom. The van der Waals surface area contributed by atoms with Gasteiger partial charge in [-0.15, -0.1) is 0 Å². The molecule has 2 amide bonds. The third kappa shape index (κ3) is 4.71. The highest BCUT2D eigenvalue weighted by Crippen LogP contribution is 2.31. The predicted molar refractivity (Wildman–Crippen MR) is 110 cm³/mol. The van der Waals surface area contributed by atoms with Crippen molar-refractivity contribution in [3.8, 4) is 11.5 Å². The van der Waals surface area contributed by atoms with Gasteiger partial charge in [0.2, 0.25) is 0 Å². The second-order valence-electron chi connectivity index (χ2n) is 6.51. The number of esters is 1. The summed E-state index contributed by atoms with van der Waals surface area (Å²) in [4.78, 5) is 28.0. The Balaban J connectivity index is 1.56. The van der Waals surface area contributed by atoms with E-state index in [1.165, 1.54) is 7.11 Å². The normalized spacial score (nSPS) is 13.6. The summed E-state index contributed by atoms with van der Waals surface area (Å²) in [5.41, 5.74) is 2.10. The van der Waals surface area contributed by atoms with Crippen molar-refractivity contribution < 1.29 is 23.8 Å². The molecule has 0 aliphatic carbocycles. The molecule has 0 atom stereocenters. The zero-order valence-corrected chi connectivity index (χ0v) is 16.8. The molecule has 2 aromatic carbocycles. The summed E-state index contributed by atoms with van der Waals surface area (Å²) in [6.45, 7) is 2.62. The van der Waals surface area contributed by atoms with Crippen LogP contribution in [0.25, 0.3) is 0 Å². The summed E-state index contributed by atoms with van der Waals surface area (Å²) < 4.78 is 15.3. The van der Waals surface area contributed by atoms with E-state index in [0.29, 0.717) is 48.9 Å². The average molecular weight is 399 g/mol. The average Bonchev–Trinajstić information content (AvgIpc) is 2.78. The van der Waals surface area contributed by atoms with Crippen molar-refractivity contribution in [3.05, 3.63) is 48.0 Å². The largest absolute Gasteiger partial charge is 0.493 e. The third-order valence-corrected chi connectivity index (χ3v) is 4.86. The van der Waals surface area contributed by atoms with Crippen LogP contribution in [0.3, 0.4) is 0 Å². The van der Waals surface area contributed by atoms with E-state index in [0.717, 1.165) is 5.69 Å². The molecule has 1 N–H and O–H groups in total. The first kappa shape index (κ1) is 20.3. The van der Waals surface area contributed by atoms with Crippen molar-refractivity contribution in [1.29, 1.82) is 0 Å². The van der Waals surface area contributed by atoms with Gasteiger partial charge >= 0.3 is 12.0 Å². The number of hydrogen-bond acceptors (Lipinski definition) is 6. The van der Waals surface area contributed by atoms with Gasteiger partial charge < -0.3 is 29.3 Å². The monoisotopic (exact) mass is 399 g/mol. The van der Waals surface area contributed by atoms with Crippen LogP contribution in [0.15, 0.2) is 42.5 Å². The summed E-state index contributed by atoms with van der Waals surface area (Å²) in [5, 5.41) is 2.86. The molecule has 1 aliphatic rings. The van der Waals surface area contributed by atoms with E-state index in [-0.39, 0.29) is 6.03 Å². The SMILES string of the molecule is COC(=O)c1ccc(NC(=O)N2CCN(c3ccc(OC)c(OC)c3)CC2)cc1. The zero-order chi connectivity index (χ0) is 20.8. The lowest BCUT2D eigenvalue weighted by Gasteiger charge is -2.36. The van der Waals surface area contributed by atoms with Crippen LogP contribution in [0.4, 0.5) is 16.2 Å². The number of rotatable bonds is 5. The Bertz CT molecular complexity index is 861. The zero-order valence-electron chi connectivity index (χ0n) is 16.8. The number of nitrogens with one attached hydrogen (secondary N) is 1. The van der Waals surface area contributed by atoms with Crippen LogP contribution in [0, 0.1) is 0 Å². The Labute approximate surface area is 170 Å². The van der Waals surface area contributed by atoms with Crippen molar-refractivity contribution in [2.24, 2.45) is 0 Å². The second kappa shape index (κ2) is 9.18. The van der Waals surface area contributed by atoms with Crippen molar-refractivity contribution in [2.45, 2.75) is 0 Å². The first-order chi connectivity index (χ1) is 14.0. The molecule has 1 aliphatic heterocycles. The predicted octanol–water partition coefficient (Wildman–Crippen LogP) is 2.84. The molecular weight excluding hydrogens is 374 g/mol. The number of anilines is 2. The molecule has 1 saturated heterocycles. The fourth-order valence-corrected chi connectivity index (χ4v) is 3.20. The van der Waals surface area contributed by atoms with E-state index >= 15 is 0 Å². The van der Waals surface area contributed by atoms with Crippen LogP contribution in [-0.4, -0.2) is 64.4 Å². The molecule has 0 radical (unpaired) electrons. The van der Waals surface area contributed by atoms with Gasteiger partial charge in [-0.05, 0) is 36.4 Å². The molecule has 0 aromatic heterocycles. The molecule has 1 heterocycles. The molecule has 154 valence electrons. The Morgan fingerprint density at radius 3 is 2.10 bits per heavy atom. The number of amides is 2. The van der Waals surface area contributed by atoms with Crippen LogP contribution in [0.2, 0.25) is 0 Å². The van der Waals surface area contributed by atoms with Crippen LogP contribution in [0.5, 0.6) is 11.5 Å². The maximum atomic E-state index is 12.5. The second-order valence-corrected chi connectivity index (χ2v) is 6.51. The minimum absolute atomic E-state index is 0.164. The van der Waals surface area contributed by atoms with Gasteiger partial charge in [0, 0.05) is 43.6 Å². The molecule has 3 rings (SSSR count). The van der Waals surface area contributed by atoms with Crippen LogP contribution in [-0.2, 0) is 4.74 Å². The maximum Gasteiger partial charge on any atom is 0.337 e. The summed E-state index contributed by atoms with van der Waals surface area (Å²) in [5.74, 6) is 0.960. The van der Waals surface area contributed by atoms with Gasteiger partial charge in [0.15, 0.2) is 11.5 Å². The van der Waals surface area contributed by atoms with Crippen molar-refractivity contribution in [1.82, 2.24) is 4.90 Å². The van der Waals surface area contributed by atoms with Crippen molar-refractivity contribution in [3.63, 3.8) is 0 Å². The number of piperazine rings is 1. The van der Waals surface area contributed by atoms with Gasteiger partial charge in [0.05, 0.1) is 26.9 Å². The lowest BCUT2D eigenvalue weighted by Crippen LogP contribution is -2.50. The number of urea groups is 1. The van der Waals surface area contributed by atoms with Gasteiger partial charge in [0.25, 0.3) is 0 Å². The minimum Gasteiger partial charge on any atom is -0.493 e. The first-order valence-corrected chi connectivity index (χ1v) is 9.27. The number of carbonyl (C=O) groups excluding carboxylic acids is 2. The molecule has 1 fully saturated rings. The fraction of sp³-hybridized carbons (Fsp3) is 0.333. The minimum atomic E-state index is -0.408. The summed E-state index contributed by atoms with van der Waals surface area (Å²) in [6.07, 6.45) is 0. The Hall–Kier alpha value is -3.42. The number of hydrogen-bond donors (Lipinski definition) is 1. The van der Waals surface area contributed by atoms with E-state index in [4.69, 9.17) is 9.47 Å². The number of nitrogens with zero attached hydrogens (tertiary/aromatic N) is 2. The van der Waals surface area contributed by atoms with Gasteiger partial charge in [-0.2, -0.15) is 0 Å². The molecule has 8 heteroatoms. The summed E-state index contributed by atoms with van der Waals surface area (Å²) >= 11 is 0. The molecule has 8 nitrogen and oxygen atoms in total. The number of benzene rings is 2. The number of methoxy groups -OCH3 is 3. The highest BCUT2D eigenvalue weighted by molar-refractivity contribution is 5.92. The fourth-order valence-electron chi connectivity index (χ4n) is 3.20. The van der Waals surface area contributed by atoms with Crippen LogP contribution in [0.1, 0.15) is 10.4 Å². The van der Waals surface area contributed by atoms with Gasteiger partial charge in [-0.25, -0.2) is 9.59 Å². The molecule has 0 saturated carbocycles. The Morgan fingerprint density at radius 1 is 0.862 bits per heavy atom. The van der Waals surface area contributed by atoms with E-state index in [1.807, 2.05) is 18.2 Å². The summed E-state index contributed by atoms with van der Waals surface area (Å²) in [7, 11) is 4.55. The van der Waals surface area contributed by atoms with E-state index < -0.39 is 5.97 Å². The lowest BCUT2D eigenvalue weighted by atomic mass is 10.2. The molecular formula is C21H25N3O5. The van der Waals surface area contributed by atoms with E-state index in [1.54, 1.807) is 43.4 Å². The lowest BCUT2D eigenvalue weighted by molar-refractivity contribution is 0.0600.